The molecule has 1 rings (SSSR count). The fourth-order valence-corrected chi connectivity index (χ4v) is 2.18. The lowest BCUT2D eigenvalue weighted by molar-refractivity contribution is 0.0380. The van der Waals surface area contributed by atoms with Gasteiger partial charge in [0.25, 0.3) is 0 Å². The fourth-order valence-electron chi connectivity index (χ4n) is 1.81. The van der Waals surface area contributed by atoms with E-state index in [1.54, 1.807) is 0 Å². The minimum absolute atomic E-state index is 0.0192. The summed E-state index contributed by atoms with van der Waals surface area (Å²) in [6.07, 6.45) is 0. The van der Waals surface area contributed by atoms with Crippen molar-refractivity contribution in [2.24, 2.45) is 0 Å². The first-order valence-electron chi connectivity index (χ1n) is 5.16. The van der Waals surface area contributed by atoms with Gasteiger partial charge in [-0.3, -0.25) is 9.42 Å². The molecule has 1 saturated heterocycles. The Hall–Kier alpha value is -0.0100. The Morgan fingerprint density at radius 1 is 1.44 bits per heavy atom. The molecule has 0 aromatic heterocycles. The van der Waals surface area contributed by atoms with Crippen molar-refractivity contribution in [1.29, 1.82) is 0 Å². The van der Waals surface area contributed by atoms with Crippen LogP contribution >= 0.6 is 7.82 Å². The molecule has 1 atom stereocenters. The zero-order valence-electron chi connectivity index (χ0n) is 9.32. The van der Waals surface area contributed by atoms with Crippen LogP contribution in [0.5, 0.6) is 0 Å². The topological polar surface area (TPSA) is 93.5 Å². The number of hydrogen-bond donors (Lipinski definition) is 3. The van der Waals surface area contributed by atoms with Crippen LogP contribution in [0.25, 0.3) is 0 Å². The van der Waals surface area contributed by atoms with Gasteiger partial charge in [0.05, 0.1) is 13.2 Å². The zero-order valence-corrected chi connectivity index (χ0v) is 10.2. The van der Waals surface area contributed by atoms with Crippen molar-refractivity contribution < 1.29 is 24.0 Å². The van der Waals surface area contributed by atoms with Crippen molar-refractivity contribution in [2.75, 3.05) is 46.4 Å². The Labute approximate surface area is 94.9 Å². The van der Waals surface area contributed by atoms with Crippen molar-refractivity contribution in [2.45, 2.75) is 6.04 Å². The lowest BCUT2D eigenvalue weighted by Crippen LogP contribution is -2.54. The molecule has 16 heavy (non-hydrogen) atoms. The highest BCUT2D eigenvalue weighted by molar-refractivity contribution is 7.46. The summed E-state index contributed by atoms with van der Waals surface area (Å²) in [6.45, 7) is 2.85. The number of aliphatic hydroxyl groups is 1. The maximum atomic E-state index is 10.6. The van der Waals surface area contributed by atoms with Crippen LogP contribution in [-0.4, -0.2) is 77.2 Å². The number of piperazine rings is 1. The first-order chi connectivity index (χ1) is 7.42. The van der Waals surface area contributed by atoms with Crippen molar-refractivity contribution in [3.05, 3.63) is 0 Å². The summed E-state index contributed by atoms with van der Waals surface area (Å²) in [6, 6.07) is -0.0847. The summed E-state index contributed by atoms with van der Waals surface area (Å²) < 4.78 is 15.1. The van der Waals surface area contributed by atoms with E-state index in [1.165, 1.54) is 0 Å². The van der Waals surface area contributed by atoms with E-state index in [4.69, 9.17) is 14.9 Å². The summed E-state index contributed by atoms with van der Waals surface area (Å²) >= 11 is 0. The van der Waals surface area contributed by atoms with Crippen molar-refractivity contribution >= 4 is 7.82 Å². The lowest BCUT2D eigenvalue weighted by atomic mass is 10.2. The van der Waals surface area contributed by atoms with E-state index in [0.717, 1.165) is 13.1 Å². The highest BCUT2D eigenvalue weighted by atomic mass is 31.2. The van der Waals surface area contributed by atoms with E-state index in [2.05, 4.69) is 9.42 Å². The van der Waals surface area contributed by atoms with Gasteiger partial charge < -0.3 is 19.8 Å². The van der Waals surface area contributed by atoms with Gasteiger partial charge in [0.2, 0.25) is 0 Å². The first kappa shape index (κ1) is 14.1. The van der Waals surface area contributed by atoms with E-state index < -0.39 is 7.82 Å². The van der Waals surface area contributed by atoms with E-state index in [0.29, 0.717) is 13.1 Å². The molecule has 1 unspecified atom stereocenters. The molecule has 0 aromatic carbocycles. The van der Waals surface area contributed by atoms with Gasteiger partial charge in [-0.2, -0.15) is 0 Å². The maximum Gasteiger partial charge on any atom is 0.469 e. The number of aliphatic hydroxyl groups excluding tert-OH is 1. The van der Waals surface area contributed by atoms with E-state index >= 15 is 0 Å². The predicted octanol–water partition coefficient (Wildman–Crippen LogP) is -1.30. The highest BCUT2D eigenvalue weighted by Crippen LogP contribution is 2.36. The quantitative estimate of drug-likeness (QED) is 0.525. The van der Waals surface area contributed by atoms with Crippen LogP contribution in [0, 0.1) is 0 Å². The number of β-amino-alcohol motifs (C(OH)–C–C–N with tert-alkyl or cyclic N) is 1. The van der Waals surface area contributed by atoms with Crippen LogP contribution in [0.1, 0.15) is 0 Å². The summed E-state index contributed by atoms with van der Waals surface area (Å²) in [5, 5.41) is 8.88. The molecule has 0 aromatic rings. The molecule has 1 aliphatic rings. The summed E-state index contributed by atoms with van der Waals surface area (Å²) in [5.74, 6) is 0. The van der Waals surface area contributed by atoms with Crippen LogP contribution in [0.4, 0.5) is 0 Å². The van der Waals surface area contributed by atoms with Crippen molar-refractivity contribution in [3.63, 3.8) is 0 Å². The van der Waals surface area contributed by atoms with Crippen LogP contribution in [0.15, 0.2) is 0 Å². The largest absolute Gasteiger partial charge is 0.469 e. The molecule has 0 aliphatic carbocycles. The predicted molar refractivity (Wildman–Crippen MR) is 57.9 cm³/mol. The van der Waals surface area contributed by atoms with Gasteiger partial charge in [0.1, 0.15) is 0 Å². The molecule has 3 N–H and O–H groups in total. The van der Waals surface area contributed by atoms with Gasteiger partial charge in [-0.1, -0.05) is 0 Å². The van der Waals surface area contributed by atoms with E-state index in [1.807, 2.05) is 11.9 Å². The standard InChI is InChI=1S/C8H19N2O5P/c1-9-2-3-10(4-5-11)8(6-9)7-15-16(12,13)14/h8,11H,2-7H2,1H3,(H2,12,13,14). The van der Waals surface area contributed by atoms with Gasteiger partial charge in [0, 0.05) is 32.2 Å². The Morgan fingerprint density at radius 3 is 2.69 bits per heavy atom. The molecule has 0 saturated carbocycles. The monoisotopic (exact) mass is 254 g/mol. The van der Waals surface area contributed by atoms with Crippen molar-refractivity contribution in [3.8, 4) is 0 Å². The molecule has 0 spiro atoms. The van der Waals surface area contributed by atoms with Gasteiger partial charge in [-0.05, 0) is 7.05 Å². The molecule has 96 valence electrons. The lowest BCUT2D eigenvalue weighted by Gasteiger charge is -2.39. The molecular formula is C8H19N2O5P. The van der Waals surface area contributed by atoms with Gasteiger partial charge in [-0.15, -0.1) is 0 Å². The Kier molecular flexibility index (Phi) is 5.33. The SMILES string of the molecule is CN1CCN(CCO)C(COP(=O)(O)O)C1. The third-order valence-corrected chi connectivity index (χ3v) is 3.12. The second-order valence-electron chi connectivity index (χ2n) is 3.96. The maximum absolute atomic E-state index is 10.6. The third-order valence-electron chi connectivity index (χ3n) is 2.63. The second-order valence-corrected chi connectivity index (χ2v) is 5.20. The molecular weight excluding hydrogens is 235 g/mol. The smallest absolute Gasteiger partial charge is 0.395 e. The number of hydrogen-bond acceptors (Lipinski definition) is 5. The van der Waals surface area contributed by atoms with Gasteiger partial charge in [-0.25, -0.2) is 4.57 Å². The van der Waals surface area contributed by atoms with Crippen LogP contribution in [0.3, 0.4) is 0 Å². The normalized spacial score (nSPS) is 24.9. The summed E-state index contributed by atoms with van der Waals surface area (Å²) in [5.41, 5.74) is 0. The minimum atomic E-state index is -4.41. The number of nitrogens with zero attached hydrogens (tertiary/aromatic N) is 2. The number of phosphoric acid groups is 1. The number of rotatable bonds is 5. The number of phosphoric ester groups is 1. The Balaban J connectivity index is 2.47. The second kappa shape index (κ2) is 6.07. The Morgan fingerprint density at radius 2 is 2.12 bits per heavy atom. The van der Waals surface area contributed by atoms with E-state index in [-0.39, 0.29) is 19.3 Å². The number of likely N-dealkylation sites (N-methyl/N-ethyl adjacent to an activating group) is 1. The minimum Gasteiger partial charge on any atom is -0.395 e. The third kappa shape index (κ3) is 4.88. The zero-order chi connectivity index (χ0) is 12.2. The molecule has 1 aliphatic heterocycles. The highest BCUT2D eigenvalue weighted by Gasteiger charge is 2.27. The molecule has 1 heterocycles. The van der Waals surface area contributed by atoms with Crippen LogP contribution in [-0.2, 0) is 9.09 Å². The van der Waals surface area contributed by atoms with Crippen LogP contribution in [0.2, 0.25) is 0 Å². The molecule has 8 heteroatoms. The molecule has 0 amide bonds. The average molecular weight is 254 g/mol. The molecule has 0 bridgehead atoms. The first-order valence-corrected chi connectivity index (χ1v) is 6.69. The van der Waals surface area contributed by atoms with Gasteiger partial charge in [0.15, 0.2) is 0 Å². The fraction of sp³-hybridized carbons (Fsp3) is 1.00. The molecule has 0 radical (unpaired) electrons. The van der Waals surface area contributed by atoms with E-state index in [9.17, 15) is 4.57 Å². The molecule has 1 fully saturated rings. The van der Waals surface area contributed by atoms with Crippen LogP contribution < -0.4 is 0 Å². The Bertz CT molecular complexity index is 259. The summed E-state index contributed by atoms with van der Waals surface area (Å²) in [7, 11) is -2.46. The average Bonchev–Trinajstić information content (AvgIpc) is 2.17. The van der Waals surface area contributed by atoms with Gasteiger partial charge >= 0.3 is 7.82 Å². The summed E-state index contributed by atoms with van der Waals surface area (Å²) in [4.78, 5) is 21.3. The molecule has 7 nitrogen and oxygen atoms in total. The van der Waals surface area contributed by atoms with Crippen molar-refractivity contribution in [1.82, 2.24) is 9.80 Å².